The maximum absolute atomic E-state index is 11.3. The van der Waals surface area contributed by atoms with E-state index < -0.39 is 0 Å². The van der Waals surface area contributed by atoms with Gasteiger partial charge in [-0.25, -0.2) is 4.98 Å². The van der Waals surface area contributed by atoms with E-state index in [9.17, 15) is 4.79 Å². The molecule has 1 N–H and O–H groups in total. The molecule has 0 aliphatic heterocycles. The van der Waals surface area contributed by atoms with E-state index in [1.807, 2.05) is 12.3 Å². The predicted octanol–water partition coefficient (Wildman–Crippen LogP) is 3.73. The van der Waals surface area contributed by atoms with Gasteiger partial charge >= 0.3 is 5.97 Å². The lowest BCUT2D eigenvalue weighted by molar-refractivity contribution is -0.143. The van der Waals surface area contributed by atoms with Crippen molar-refractivity contribution in [3.05, 3.63) is 11.1 Å². The summed E-state index contributed by atoms with van der Waals surface area (Å²) in [6, 6.07) is 0. The summed E-state index contributed by atoms with van der Waals surface area (Å²) in [6.45, 7) is 12.5. The van der Waals surface area contributed by atoms with Gasteiger partial charge < -0.3 is 10.1 Å². The maximum atomic E-state index is 11.3. The fourth-order valence-electron chi connectivity index (χ4n) is 3.00. The highest BCUT2D eigenvalue weighted by molar-refractivity contribution is 7.13. The molecule has 4 nitrogen and oxygen atoms in total. The van der Waals surface area contributed by atoms with E-state index in [0.29, 0.717) is 36.2 Å². The lowest BCUT2D eigenvalue weighted by Crippen LogP contribution is -2.08. The number of nitrogens with one attached hydrogen (secondary N) is 1. The van der Waals surface area contributed by atoms with E-state index in [1.165, 1.54) is 0 Å². The number of anilines is 1. The predicted molar refractivity (Wildman–Crippen MR) is 86.6 cm³/mol. The Morgan fingerprint density at radius 3 is 2.62 bits per heavy atom. The van der Waals surface area contributed by atoms with Crippen LogP contribution in [0.2, 0.25) is 0 Å². The average Bonchev–Trinajstić information content (AvgIpc) is 2.74. The number of ether oxygens (including phenoxy) is 1. The summed E-state index contributed by atoms with van der Waals surface area (Å²) >= 11 is 1.61. The molecule has 21 heavy (non-hydrogen) atoms. The molecule has 1 aromatic heterocycles. The molecule has 2 rings (SSSR count). The van der Waals surface area contributed by atoms with Gasteiger partial charge in [-0.2, -0.15) is 0 Å². The molecule has 0 saturated heterocycles. The zero-order valence-corrected chi connectivity index (χ0v) is 14.5. The number of hydrogen-bond acceptors (Lipinski definition) is 5. The first-order chi connectivity index (χ1) is 9.79. The second-order valence-corrected chi connectivity index (χ2v) is 7.68. The van der Waals surface area contributed by atoms with Gasteiger partial charge in [0.2, 0.25) is 0 Å². The van der Waals surface area contributed by atoms with Crippen molar-refractivity contribution in [2.24, 2.45) is 16.7 Å². The summed E-state index contributed by atoms with van der Waals surface area (Å²) in [6.07, 6.45) is 1.05. The summed E-state index contributed by atoms with van der Waals surface area (Å²) in [7, 11) is 0. The van der Waals surface area contributed by atoms with Crippen molar-refractivity contribution in [1.82, 2.24) is 4.98 Å². The molecule has 1 aliphatic carbocycles. The molecule has 1 saturated carbocycles. The number of rotatable bonds is 7. The highest BCUT2D eigenvalue weighted by atomic mass is 32.1. The second-order valence-electron chi connectivity index (χ2n) is 6.83. The molecule has 1 aliphatic rings. The molecule has 0 aromatic carbocycles. The first kappa shape index (κ1) is 16.3. The highest BCUT2D eigenvalue weighted by Crippen LogP contribution is 2.68. The maximum Gasteiger partial charge on any atom is 0.306 e. The quantitative estimate of drug-likeness (QED) is 0.780. The number of carbonyl (C=O) groups excluding carboxylic acids is 1. The minimum absolute atomic E-state index is 0.151. The summed E-state index contributed by atoms with van der Waals surface area (Å²) in [5.74, 6) is 0.526. The van der Waals surface area contributed by atoms with Crippen LogP contribution < -0.4 is 5.32 Å². The third kappa shape index (κ3) is 3.39. The molecule has 1 aromatic rings. The third-order valence-corrected chi connectivity index (χ3v) is 6.07. The second kappa shape index (κ2) is 5.95. The van der Waals surface area contributed by atoms with Gasteiger partial charge in [-0.05, 0) is 23.7 Å². The smallest absolute Gasteiger partial charge is 0.306 e. The summed E-state index contributed by atoms with van der Waals surface area (Å²) < 4.78 is 4.92. The fraction of sp³-hybridized carbons (Fsp3) is 0.750. The third-order valence-electron chi connectivity index (χ3n) is 5.22. The van der Waals surface area contributed by atoms with Gasteiger partial charge in [0.1, 0.15) is 0 Å². The lowest BCUT2D eigenvalue weighted by atomic mass is 10.0. The molecular formula is C16H26N2O2S. The molecular weight excluding hydrogens is 284 g/mol. The van der Waals surface area contributed by atoms with E-state index in [2.05, 4.69) is 38.0 Å². The Morgan fingerprint density at radius 1 is 1.38 bits per heavy atom. The van der Waals surface area contributed by atoms with Gasteiger partial charge in [0, 0.05) is 18.3 Å². The summed E-state index contributed by atoms with van der Waals surface area (Å²) in [5, 5.41) is 6.41. The lowest BCUT2D eigenvalue weighted by Gasteiger charge is -2.04. The normalized spacial score (nSPS) is 19.3. The first-order valence-corrected chi connectivity index (χ1v) is 8.51. The molecule has 1 heterocycles. The van der Waals surface area contributed by atoms with Crippen molar-refractivity contribution in [1.29, 1.82) is 0 Å². The number of carbonyl (C=O) groups is 1. The topological polar surface area (TPSA) is 51.2 Å². The van der Waals surface area contributed by atoms with Gasteiger partial charge in [0.25, 0.3) is 0 Å². The van der Waals surface area contributed by atoms with E-state index in [0.717, 1.165) is 17.4 Å². The highest BCUT2D eigenvalue weighted by Gasteiger charge is 2.64. The van der Waals surface area contributed by atoms with Crippen LogP contribution in [0.15, 0.2) is 5.38 Å². The van der Waals surface area contributed by atoms with E-state index in [1.54, 1.807) is 11.3 Å². The zero-order chi connectivity index (χ0) is 15.7. The van der Waals surface area contributed by atoms with Crippen molar-refractivity contribution in [2.75, 3.05) is 18.5 Å². The summed E-state index contributed by atoms with van der Waals surface area (Å²) in [4.78, 5) is 15.9. The van der Waals surface area contributed by atoms with Crippen molar-refractivity contribution in [3.8, 4) is 0 Å². The molecule has 5 heteroatoms. The standard InChI is InChI=1S/C16H26N2O2S/c1-6-20-13(19)8-7-11-10-21-14(18-11)17-9-12-15(2,3)16(12,4)5/h10,12H,6-9H2,1-5H3,(H,17,18). The van der Waals surface area contributed by atoms with Crippen LogP contribution in [0.4, 0.5) is 5.13 Å². The Morgan fingerprint density at radius 2 is 2.05 bits per heavy atom. The molecule has 1 fully saturated rings. The van der Waals surface area contributed by atoms with Crippen LogP contribution in [-0.2, 0) is 16.0 Å². The Balaban J connectivity index is 1.78. The van der Waals surface area contributed by atoms with Crippen LogP contribution in [0.25, 0.3) is 0 Å². The van der Waals surface area contributed by atoms with Crippen LogP contribution in [0.3, 0.4) is 0 Å². The van der Waals surface area contributed by atoms with E-state index >= 15 is 0 Å². The molecule has 0 bridgehead atoms. The number of aryl methyl sites for hydroxylation is 1. The number of aromatic nitrogens is 1. The average molecular weight is 310 g/mol. The molecule has 0 spiro atoms. The van der Waals surface area contributed by atoms with Crippen molar-refractivity contribution < 1.29 is 9.53 Å². The Kier molecular flexibility index (Phi) is 4.61. The van der Waals surface area contributed by atoms with Gasteiger partial charge in [0.05, 0.1) is 18.7 Å². The van der Waals surface area contributed by atoms with Gasteiger partial charge in [0.15, 0.2) is 5.13 Å². The van der Waals surface area contributed by atoms with Gasteiger partial charge in [-0.3, -0.25) is 4.79 Å². The van der Waals surface area contributed by atoms with Gasteiger partial charge in [-0.1, -0.05) is 27.7 Å². The van der Waals surface area contributed by atoms with Crippen LogP contribution in [0.1, 0.15) is 46.7 Å². The Hall–Kier alpha value is -1.10. The SMILES string of the molecule is CCOC(=O)CCc1csc(NCC2C(C)(C)C2(C)C)n1. The molecule has 118 valence electrons. The molecule has 0 amide bonds. The number of thiazole rings is 1. The van der Waals surface area contributed by atoms with E-state index in [4.69, 9.17) is 4.74 Å². The minimum Gasteiger partial charge on any atom is -0.466 e. The van der Waals surface area contributed by atoms with Crippen molar-refractivity contribution >= 4 is 22.4 Å². The monoisotopic (exact) mass is 310 g/mol. The first-order valence-electron chi connectivity index (χ1n) is 7.63. The zero-order valence-electron chi connectivity index (χ0n) is 13.7. The molecule has 0 unspecified atom stereocenters. The van der Waals surface area contributed by atoms with Crippen LogP contribution in [0, 0.1) is 16.7 Å². The van der Waals surface area contributed by atoms with Crippen LogP contribution in [-0.4, -0.2) is 24.1 Å². The summed E-state index contributed by atoms with van der Waals surface area (Å²) in [5.41, 5.74) is 1.75. The Labute approximate surface area is 131 Å². The van der Waals surface area contributed by atoms with Crippen molar-refractivity contribution in [2.45, 2.75) is 47.5 Å². The number of nitrogens with zero attached hydrogens (tertiary/aromatic N) is 1. The number of hydrogen-bond donors (Lipinski definition) is 1. The van der Waals surface area contributed by atoms with Crippen LogP contribution >= 0.6 is 11.3 Å². The molecule has 0 atom stereocenters. The van der Waals surface area contributed by atoms with Crippen molar-refractivity contribution in [3.63, 3.8) is 0 Å². The Bertz CT molecular complexity index is 494. The molecule has 0 radical (unpaired) electrons. The van der Waals surface area contributed by atoms with E-state index in [-0.39, 0.29) is 5.97 Å². The number of esters is 1. The largest absolute Gasteiger partial charge is 0.466 e. The van der Waals surface area contributed by atoms with Crippen LogP contribution in [0.5, 0.6) is 0 Å². The fourth-order valence-corrected chi connectivity index (χ4v) is 3.75. The van der Waals surface area contributed by atoms with Gasteiger partial charge in [-0.15, -0.1) is 11.3 Å². The minimum atomic E-state index is -0.151.